The number of ether oxygens (including phenoxy) is 1. The highest BCUT2D eigenvalue weighted by Crippen LogP contribution is 2.21. The van der Waals surface area contributed by atoms with Crippen LogP contribution in [0.1, 0.15) is 43.7 Å². The van der Waals surface area contributed by atoms with Crippen molar-refractivity contribution in [2.75, 3.05) is 6.61 Å². The maximum atomic E-state index is 12.7. The second kappa shape index (κ2) is 11.0. The number of unbranched alkanes of at least 4 members (excludes halogenated alkanes) is 1. The van der Waals surface area contributed by atoms with Gasteiger partial charge in [-0.2, -0.15) is 8.42 Å². The van der Waals surface area contributed by atoms with Gasteiger partial charge in [-0.25, -0.2) is 4.79 Å². The van der Waals surface area contributed by atoms with Gasteiger partial charge in [0, 0.05) is 0 Å². The fourth-order valence-electron chi connectivity index (χ4n) is 2.79. The average molecular weight is 405 g/mol. The molecule has 0 N–H and O–H groups in total. The highest BCUT2D eigenvalue weighted by Gasteiger charge is 2.29. The van der Waals surface area contributed by atoms with E-state index in [2.05, 4.69) is 0 Å². The van der Waals surface area contributed by atoms with E-state index in [1.807, 2.05) is 37.3 Å². The van der Waals surface area contributed by atoms with Crippen LogP contribution in [0.15, 0.2) is 59.5 Å². The fraction of sp³-hybridized carbons (Fsp3) is 0.409. The molecular formula is C22H28O5S. The zero-order chi connectivity index (χ0) is 20.4. The van der Waals surface area contributed by atoms with E-state index >= 15 is 0 Å². The summed E-state index contributed by atoms with van der Waals surface area (Å²) >= 11 is 0. The van der Waals surface area contributed by atoms with E-state index in [4.69, 9.17) is 8.92 Å². The molecule has 0 aliphatic heterocycles. The van der Waals surface area contributed by atoms with E-state index in [1.54, 1.807) is 25.1 Å². The number of benzene rings is 2. The summed E-state index contributed by atoms with van der Waals surface area (Å²) in [6.07, 6.45) is 2.07. The quantitative estimate of drug-likeness (QED) is 0.315. The first-order chi connectivity index (χ1) is 13.4. The first-order valence-electron chi connectivity index (χ1n) is 9.63. The lowest BCUT2D eigenvalue weighted by molar-refractivity contribution is -0.152. The van der Waals surface area contributed by atoms with E-state index in [9.17, 15) is 13.2 Å². The summed E-state index contributed by atoms with van der Waals surface area (Å²) in [6.45, 7) is 3.95. The van der Waals surface area contributed by atoms with E-state index in [0.717, 1.165) is 24.8 Å². The number of esters is 1. The molecule has 0 saturated heterocycles. The number of hydrogen-bond donors (Lipinski definition) is 0. The van der Waals surface area contributed by atoms with Gasteiger partial charge in [0.25, 0.3) is 10.1 Å². The molecule has 0 amide bonds. The van der Waals surface area contributed by atoms with Crippen LogP contribution in [0.3, 0.4) is 0 Å². The molecule has 0 unspecified atom stereocenters. The van der Waals surface area contributed by atoms with E-state index in [0.29, 0.717) is 12.0 Å². The van der Waals surface area contributed by atoms with Crippen molar-refractivity contribution < 1.29 is 22.1 Å². The SMILES string of the molecule is CCCCOC(=O)[C@@H](CCCc1ccccc1)OS(=O)(=O)c1ccccc1C. The standard InChI is InChI=1S/C22H28O5S/c1-3-4-17-26-22(23)20(15-10-14-19-12-6-5-7-13-19)27-28(24,25)21-16-9-8-11-18(21)2/h5-9,11-13,16,20H,3-4,10,14-15,17H2,1-2H3/t20-/m1/s1. The molecule has 0 fully saturated rings. The lowest BCUT2D eigenvalue weighted by Gasteiger charge is -2.17. The molecule has 0 radical (unpaired) electrons. The summed E-state index contributed by atoms with van der Waals surface area (Å²) in [5.74, 6) is -0.626. The molecule has 152 valence electrons. The summed E-state index contributed by atoms with van der Waals surface area (Å²) in [5, 5.41) is 0. The van der Waals surface area contributed by atoms with Crippen LogP contribution in [0.5, 0.6) is 0 Å². The number of hydrogen-bond acceptors (Lipinski definition) is 5. The third-order valence-corrected chi connectivity index (χ3v) is 5.87. The zero-order valence-corrected chi connectivity index (χ0v) is 17.3. The monoisotopic (exact) mass is 404 g/mol. The highest BCUT2D eigenvalue weighted by atomic mass is 32.2. The molecule has 0 spiro atoms. The summed E-state index contributed by atoms with van der Waals surface area (Å²) in [4.78, 5) is 12.5. The van der Waals surface area contributed by atoms with Crippen LogP contribution in [0, 0.1) is 6.92 Å². The summed E-state index contributed by atoms with van der Waals surface area (Å²) in [6, 6.07) is 16.4. The van der Waals surface area contributed by atoms with Gasteiger partial charge < -0.3 is 4.74 Å². The Labute approximate surface area is 167 Å². The largest absolute Gasteiger partial charge is 0.464 e. The number of carbonyl (C=O) groups is 1. The van der Waals surface area contributed by atoms with Gasteiger partial charge in [0.1, 0.15) is 0 Å². The molecule has 0 aromatic heterocycles. The van der Waals surface area contributed by atoms with Gasteiger partial charge >= 0.3 is 5.97 Å². The Bertz CT molecular complexity index is 846. The predicted octanol–water partition coefficient (Wildman–Crippen LogP) is 4.44. The molecule has 0 aliphatic carbocycles. The van der Waals surface area contributed by atoms with Gasteiger partial charge in [-0.3, -0.25) is 4.18 Å². The fourth-order valence-corrected chi connectivity index (χ4v) is 4.09. The Morgan fingerprint density at radius 1 is 1.00 bits per heavy atom. The van der Waals surface area contributed by atoms with Crippen molar-refractivity contribution >= 4 is 16.1 Å². The lowest BCUT2D eigenvalue weighted by atomic mass is 10.1. The van der Waals surface area contributed by atoms with Crippen LogP contribution in [0.4, 0.5) is 0 Å². The number of aryl methyl sites for hydroxylation is 2. The molecule has 2 aromatic carbocycles. The first kappa shape index (κ1) is 22.1. The predicted molar refractivity (Wildman–Crippen MR) is 108 cm³/mol. The van der Waals surface area contributed by atoms with Crippen molar-refractivity contribution in [1.29, 1.82) is 0 Å². The normalized spacial score (nSPS) is 12.5. The Balaban J connectivity index is 2.08. The molecule has 2 aromatic rings. The molecule has 0 aliphatic rings. The molecule has 2 rings (SSSR count). The topological polar surface area (TPSA) is 69.7 Å². The van der Waals surface area contributed by atoms with Crippen LogP contribution in [0.2, 0.25) is 0 Å². The van der Waals surface area contributed by atoms with Crippen molar-refractivity contribution in [3.63, 3.8) is 0 Å². The lowest BCUT2D eigenvalue weighted by Crippen LogP contribution is -2.30. The van der Waals surface area contributed by atoms with Crippen molar-refractivity contribution in [3.8, 4) is 0 Å². The van der Waals surface area contributed by atoms with Crippen molar-refractivity contribution in [2.45, 2.75) is 57.0 Å². The van der Waals surface area contributed by atoms with Crippen molar-refractivity contribution in [2.24, 2.45) is 0 Å². The molecule has 0 saturated carbocycles. The Morgan fingerprint density at radius 3 is 2.36 bits per heavy atom. The Hall–Kier alpha value is -2.18. The second-order valence-electron chi connectivity index (χ2n) is 6.70. The highest BCUT2D eigenvalue weighted by molar-refractivity contribution is 7.86. The minimum atomic E-state index is -4.06. The number of carbonyl (C=O) groups excluding carboxylic acids is 1. The van der Waals surface area contributed by atoms with Crippen LogP contribution in [-0.4, -0.2) is 27.1 Å². The Kier molecular flexibility index (Phi) is 8.67. The second-order valence-corrected chi connectivity index (χ2v) is 8.24. The van der Waals surface area contributed by atoms with Gasteiger partial charge in [-0.05, 0) is 49.8 Å². The van der Waals surface area contributed by atoms with Gasteiger partial charge in [0.2, 0.25) is 0 Å². The molecule has 1 atom stereocenters. The van der Waals surface area contributed by atoms with E-state index < -0.39 is 22.2 Å². The molecule has 0 bridgehead atoms. The molecule has 5 nitrogen and oxygen atoms in total. The zero-order valence-electron chi connectivity index (χ0n) is 16.5. The minimum absolute atomic E-state index is 0.0735. The molecule has 6 heteroatoms. The van der Waals surface area contributed by atoms with Gasteiger partial charge in [-0.15, -0.1) is 0 Å². The maximum Gasteiger partial charge on any atom is 0.336 e. The minimum Gasteiger partial charge on any atom is -0.464 e. The van der Waals surface area contributed by atoms with Gasteiger partial charge in [-0.1, -0.05) is 61.9 Å². The van der Waals surface area contributed by atoms with Gasteiger partial charge in [0.15, 0.2) is 6.10 Å². The third kappa shape index (κ3) is 6.77. The Morgan fingerprint density at radius 2 is 1.68 bits per heavy atom. The van der Waals surface area contributed by atoms with Crippen LogP contribution in [0.25, 0.3) is 0 Å². The summed E-state index contributed by atoms with van der Waals surface area (Å²) < 4.78 is 36.0. The molecule has 28 heavy (non-hydrogen) atoms. The molecular weight excluding hydrogens is 376 g/mol. The summed E-state index contributed by atoms with van der Waals surface area (Å²) in [7, 11) is -4.06. The van der Waals surface area contributed by atoms with E-state index in [-0.39, 0.29) is 17.9 Å². The third-order valence-electron chi connectivity index (χ3n) is 4.39. The first-order valence-corrected chi connectivity index (χ1v) is 11.0. The average Bonchev–Trinajstić information content (AvgIpc) is 2.68. The van der Waals surface area contributed by atoms with Gasteiger partial charge in [0.05, 0.1) is 11.5 Å². The van der Waals surface area contributed by atoms with Crippen molar-refractivity contribution in [3.05, 3.63) is 65.7 Å². The van der Waals surface area contributed by atoms with Crippen LogP contribution in [-0.2, 0) is 30.3 Å². The van der Waals surface area contributed by atoms with Crippen molar-refractivity contribution in [1.82, 2.24) is 0 Å². The molecule has 0 heterocycles. The summed E-state index contributed by atoms with van der Waals surface area (Å²) in [5.41, 5.74) is 1.70. The van der Waals surface area contributed by atoms with Crippen LogP contribution >= 0.6 is 0 Å². The number of rotatable bonds is 11. The smallest absolute Gasteiger partial charge is 0.336 e. The maximum absolute atomic E-state index is 12.7. The van der Waals surface area contributed by atoms with E-state index in [1.165, 1.54) is 6.07 Å². The van der Waals surface area contributed by atoms with Crippen LogP contribution < -0.4 is 0 Å².